The molecule has 8 nitrogen and oxygen atoms in total. The van der Waals surface area contributed by atoms with E-state index in [1.165, 1.54) is 0 Å². The van der Waals surface area contributed by atoms with Crippen LogP contribution in [0.2, 0.25) is 0 Å². The van der Waals surface area contributed by atoms with Gasteiger partial charge in [0.2, 0.25) is 0 Å². The molecule has 0 aromatic carbocycles. The third-order valence-electron chi connectivity index (χ3n) is 3.41. The van der Waals surface area contributed by atoms with E-state index in [2.05, 4.69) is 10.4 Å². The summed E-state index contributed by atoms with van der Waals surface area (Å²) in [6.07, 6.45) is 4.34. The maximum Gasteiger partial charge on any atom is 0.317 e. The molecule has 0 saturated carbocycles. The molecule has 1 saturated heterocycles. The molecule has 1 aliphatic heterocycles. The van der Waals surface area contributed by atoms with Crippen LogP contribution in [-0.4, -0.2) is 76.0 Å². The van der Waals surface area contributed by atoms with Gasteiger partial charge in [-0.2, -0.15) is 5.10 Å². The molecule has 1 aliphatic rings. The molecule has 1 fully saturated rings. The summed E-state index contributed by atoms with van der Waals surface area (Å²) in [6.45, 7) is 3.72. The molecule has 0 bridgehead atoms. The van der Waals surface area contributed by atoms with Crippen LogP contribution in [0.15, 0.2) is 18.5 Å². The number of hydrogen-bond donors (Lipinski definition) is 2. The third-order valence-corrected chi connectivity index (χ3v) is 3.41. The summed E-state index contributed by atoms with van der Waals surface area (Å²) in [6, 6.07) is 1.74. The normalized spacial score (nSPS) is 16.5. The van der Waals surface area contributed by atoms with Crippen LogP contribution in [0.3, 0.4) is 0 Å². The molecule has 0 radical (unpaired) electrons. The summed E-state index contributed by atoms with van der Waals surface area (Å²) in [5, 5.41) is 15.7. The highest BCUT2D eigenvalue weighted by Crippen LogP contribution is 2.03. The molecule has 0 spiro atoms. The van der Waals surface area contributed by atoms with Crippen molar-refractivity contribution in [3.63, 3.8) is 0 Å². The monoisotopic (exact) mass is 295 g/mol. The van der Waals surface area contributed by atoms with E-state index in [1.807, 2.05) is 17.2 Å². The third kappa shape index (κ3) is 5.07. The van der Waals surface area contributed by atoms with Crippen LogP contribution in [0.25, 0.3) is 0 Å². The minimum Gasteiger partial charge on any atom is -0.480 e. The van der Waals surface area contributed by atoms with Gasteiger partial charge in [-0.25, -0.2) is 4.79 Å². The van der Waals surface area contributed by atoms with E-state index in [9.17, 15) is 9.59 Å². The van der Waals surface area contributed by atoms with Crippen molar-refractivity contribution >= 4 is 12.0 Å². The molecular weight excluding hydrogens is 274 g/mol. The molecular formula is C13H21N5O3. The lowest BCUT2D eigenvalue weighted by atomic mass is 10.4. The Balaban J connectivity index is 1.71. The van der Waals surface area contributed by atoms with E-state index in [0.717, 1.165) is 6.42 Å². The van der Waals surface area contributed by atoms with E-state index in [-0.39, 0.29) is 12.6 Å². The van der Waals surface area contributed by atoms with Gasteiger partial charge in [0.05, 0.1) is 13.1 Å². The lowest BCUT2D eigenvalue weighted by Crippen LogP contribution is -2.43. The molecule has 116 valence electrons. The highest BCUT2D eigenvalue weighted by molar-refractivity contribution is 5.74. The van der Waals surface area contributed by atoms with Gasteiger partial charge in [-0.3, -0.25) is 14.4 Å². The van der Waals surface area contributed by atoms with E-state index in [1.54, 1.807) is 15.8 Å². The summed E-state index contributed by atoms with van der Waals surface area (Å²) in [5.41, 5.74) is 0. The largest absolute Gasteiger partial charge is 0.480 e. The van der Waals surface area contributed by atoms with Crippen LogP contribution in [0.5, 0.6) is 0 Å². The first-order chi connectivity index (χ1) is 10.1. The number of carbonyl (C=O) groups is 2. The van der Waals surface area contributed by atoms with E-state index in [0.29, 0.717) is 39.3 Å². The Morgan fingerprint density at radius 3 is 2.81 bits per heavy atom. The Kier molecular flexibility index (Phi) is 5.56. The molecule has 2 rings (SSSR count). The van der Waals surface area contributed by atoms with Gasteiger partial charge >= 0.3 is 12.0 Å². The van der Waals surface area contributed by atoms with Gasteiger partial charge in [0, 0.05) is 45.1 Å². The summed E-state index contributed by atoms with van der Waals surface area (Å²) in [5.74, 6) is -0.827. The first-order valence-corrected chi connectivity index (χ1v) is 7.09. The number of carboxylic acids is 1. The average molecular weight is 295 g/mol. The molecule has 2 amide bonds. The predicted molar refractivity (Wildman–Crippen MR) is 75.9 cm³/mol. The van der Waals surface area contributed by atoms with Crippen LogP contribution in [-0.2, 0) is 11.3 Å². The molecule has 0 aliphatic carbocycles. The van der Waals surface area contributed by atoms with Crippen LogP contribution in [0.1, 0.15) is 6.42 Å². The Hall–Kier alpha value is -2.09. The van der Waals surface area contributed by atoms with Gasteiger partial charge in [-0.1, -0.05) is 0 Å². The van der Waals surface area contributed by atoms with Crippen molar-refractivity contribution < 1.29 is 14.7 Å². The zero-order valence-electron chi connectivity index (χ0n) is 11.9. The van der Waals surface area contributed by atoms with Crippen molar-refractivity contribution in [1.82, 2.24) is 24.9 Å². The smallest absolute Gasteiger partial charge is 0.317 e. The number of aliphatic carboxylic acids is 1. The van der Waals surface area contributed by atoms with Gasteiger partial charge in [-0.15, -0.1) is 0 Å². The molecule has 1 aromatic rings. The highest BCUT2D eigenvalue weighted by atomic mass is 16.4. The maximum absolute atomic E-state index is 12.1. The molecule has 0 atom stereocenters. The number of nitrogens with one attached hydrogen (secondary N) is 1. The zero-order chi connectivity index (χ0) is 15.1. The number of hydrogen-bond acceptors (Lipinski definition) is 4. The fraction of sp³-hybridized carbons (Fsp3) is 0.615. The van der Waals surface area contributed by atoms with Crippen LogP contribution >= 0.6 is 0 Å². The molecule has 1 aromatic heterocycles. The SMILES string of the molecule is O=C(O)CN1CCCN(C(=O)NCCn2cccn2)CC1. The van der Waals surface area contributed by atoms with Crippen LogP contribution < -0.4 is 5.32 Å². The molecule has 0 unspecified atom stereocenters. The van der Waals surface area contributed by atoms with Gasteiger partial charge in [-0.05, 0) is 12.5 Å². The van der Waals surface area contributed by atoms with E-state index in [4.69, 9.17) is 5.11 Å². The minimum atomic E-state index is -0.827. The second-order valence-electron chi connectivity index (χ2n) is 5.01. The van der Waals surface area contributed by atoms with Crippen LogP contribution in [0, 0.1) is 0 Å². The fourth-order valence-electron chi connectivity index (χ4n) is 2.35. The van der Waals surface area contributed by atoms with Crippen molar-refractivity contribution in [3.8, 4) is 0 Å². The zero-order valence-corrected chi connectivity index (χ0v) is 11.9. The number of urea groups is 1. The van der Waals surface area contributed by atoms with Crippen molar-refractivity contribution in [2.75, 3.05) is 39.3 Å². The van der Waals surface area contributed by atoms with E-state index >= 15 is 0 Å². The Morgan fingerprint density at radius 2 is 2.10 bits per heavy atom. The standard InChI is InChI=1S/C13H21N5O3/c19-12(20)11-16-5-2-6-17(10-9-16)13(21)14-4-8-18-7-1-3-15-18/h1,3,7H,2,4-6,8-11H2,(H,14,21)(H,19,20). The number of amides is 2. The second kappa shape index (κ2) is 7.63. The summed E-state index contributed by atoms with van der Waals surface area (Å²) < 4.78 is 1.76. The van der Waals surface area contributed by atoms with Gasteiger partial charge in [0.15, 0.2) is 0 Å². The molecule has 8 heteroatoms. The molecule has 2 N–H and O–H groups in total. The van der Waals surface area contributed by atoms with Crippen molar-refractivity contribution in [2.45, 2.75) is 13.0 Å². The minimum absolute atomic E-state index is 0.0365. The highest BCUT2D eigenvalue weighted by Gasteiger charge is 2.19. The molecule has 2 heterocycles. The number of nitrogens with zero attached hydrogens (tertiary/aromatic N) is 4. The number of carboxylic acid groups (broad SMARTS) is 1. The average Bonchev–Trinajstić information content (AvgIpc) is 2.84. The van der Waals surface area contributed by atoms with Gasteiger partial charge < -0.3 is 15.3 Å². The maximum atomic E-state index is 12.1. The Labute approximate surface area is 123 Å². The Morgan fingerprint density at radius 1 is 1.24 bits per heavy atom. The molecule has 21 heavy (non-hydrogen) atoms. The van der Waals surface area contributed by atoms with Crippen molar-refractivity contribution in [1.29, 1.82) is 0 Å². The van der Waals surface area contributed by atoms with E-state index < -0.39 is 5.97 Å². The van der Waals surface area contributed by atoms with Crippen molar-refractivity contribution in [2.24, 2.45) is 0 Å². The Bertz CT molecular complexity index is 462. The number of aromatic nitrogens is 2. The summed E-state index contributed by atoms with van der Waals surface area (Å²) in [7, 11) is 0. The summed E-state index contributed by atoms with van der Waals surface area (Å²) in [4.78, 5) is 26.4. The fourth-order valence-corrected chi connectivity index (χ4v) is 2.35. The number of rotatable bonds is 5. The number of carbonyl (C=O) groups excluding carboxylic acids is 1. The topological polar surface area (TPSA) is 90.7 Å². The summed E-state index contributed by atoms with van der Waals surface area (Å²) >= 11 is 0. The first-order valence-electron chi connectivity index (χ1n) is 7.09. The lowest BCUT2D eigenvalue weighted by molar-refractivity contribution is -0.138. The van der Waals surface area contributed by atoms with Crippen LogP contribution in [0.4, 0.5) is 4.79 Å². The quantitative estimate of drug-likeness (QED) is 0.777. The lowest BCUT2D eigenvalue weighted by Gasteiger charge is -2.21. The predicted octanol–water partition coefficient (Wildman–Crippen LogP) is -0.315. The first kappa shape index (κ1) is 15.3. The second-order valence-corrected chi connectivity index (χ2v) is 5.01. The van der Waals surface area contributed by atoms with Gasteiger partial charge in [0.1, 0.15) is 0 Å². The van der Waals surface area contributed by atoms with Gasteiger partial charge in [0.25, 0.3) is 0 Å². The van der Waals surface area contributed by atoms with Crippen molar-refractivity contribution in [3.05, 3.63) is 18.5 Å².